The maximum absolute atomic E-state index is 14.4. The van der Waals surface area contributed by atoms with E-state index in [2.05, 4.69) is 6.92 Å². The van der Waals surface area contributed by atoms with Gasteiger partial charge in [-0.05, 0) is 98.1 Å². The molecule has 1 aromatic carbocycles. The Labute approximate surface area is 159 Å². The maximum Gasteiger partial charge on any atom is 0.419 e. The molecule has 27 heavy (non-hydrogen) atoms. The van der Waals surface area contributed by atoms with Crippen LogP contribution >= 0.6 is 0 Å². The Morgan fingerprint density at radius 2 is 1.26 bits per heavy atom. The van der Waals surface area contributed by atoms with Gasteiger partial charge in [0, 0.05) is 0 Å². The van der Waals surface area contributed by atoms with E-state index in [4.69, 9.17) is 0 Å². The van der Waals surface area contributed by atoms with Crippen LogP contribution in [0.3, 0.4) is 0 Å². The first-order valence-electron chi connectivity index (χ1n) is 10.7. The molecule has 4 rings (SSSR count). The molecule has 0 spiro atoms. The lowest BCUT2D eigenvalue weighted by Gasteiger charge is -2.37. The largest absolute Gasteiger partial charge is 0.419 e. The summed E-state index contributed by atoms with van der Waals surface area (Å²) >= 11 is 0. The van der Waals surface area contributed by atoms with Crippen molar-refractivity contribution in [3.63, 3.8) is 0 Å². The predicted molar refractivity (Wildman–Crippen MR) is 99.2 cm³/mol. The first-order valence-corrected chi connectivity index (χ1v) is 10.7. The van der Waals surface area contributed by atoms with Crippen LogP contribution in [0.2, 0.25) is 0 Å². The minimum absolute atomic E-state index is 0.100. The van der Waals surface area contributed by atoms with Crippen molar-refractivity contribution >= 4 is 0 Å². The summed E-state index contributed by atoms with van der Waals surface area (Å²) in [5.41, 5.74) is -0.00207. The lowest BCUT2D eigenvalue weighted by molar-refractivity contribution is -0.140. The Hall–Kier alpha value is -1.06. The van der Waals surface area contributed by atoms with Crippen molar-refractivity contribution in [2.24, 2.45) is 17.8 Å². The molecule has 0 nitrogen and oxygen atoms in total. The van der Waals surface area contributed by atoms with Crippen LogP contribution < -0.4 is 0 Å². The fourth-order valence-electron chi connectivity index (χ4n) is 5.58. The summed E-state index contributed by atoms with van der Waals surface area (Å²) in [7, 11) is 0. The highest BCUT2D eigenvalue weighted by molar-refractivity contribution is 5.41. The number of hydrogen-bond donors (Lipinski definition) is 0. The van der Waals surface area contributed by atoms with E-state index in [0.29, 0.717) is 0 Å². The van der Waals surface area contributed by atoms with E-state index in [1.165, 1.54) is 31.7 Å². The molecule has 1 aromatic rings. The second-order valence-electron chi connectivity index (χ2n) is 9.37. The second kappa shape index (κ2) is 7.40. The lowest BCUT2D eigenvalue weighted by Crippen LogP contribution is -2.25. The Morgan fingerprint density at radius 3 is 1.78 bits per heavy atom. The molecule has 0 aliphatic heterocycles. The standard InChI is InChI=1S/C23H30F4/c1-14-2-4-15(5-3-14)16-6-8-17(9-7-16)19-12-20(18-10-11-18)22(21(24)13-19)23(25,26)27/h12-18H,2-11H2,1H3. The van der Waals surface area contributed by atoms with Crippen LogP contribution in [0, 0.1) is 23.6 Å². The highest BCUT2D eigenvalue weighted by atomic mass is 19.4. The fourth-order valence-corrected chi connectivity index (χ4v) is 5.58. The molecule has 0 amide bonds. The molecule has 150 valence electrons. The minimum atomic E-state index is -4.60. The Balaban J connectivity index is 1.47. The van der Waals surface area contributed by atoms with Gasteiger partial charge in [-0.1, -0.05) is 25.8 Å². The minimum Gasteiger partial charge on any atom is -0.206 e. The normalized spacial score (nSPS) is 32.5. The van der Waals surface area contributed by atoms with Crippen molar-refractivity contribution in [3.8, 4) is 0 Å². The summed E-state index contributed by atoms with van der Waals surface area (Å²) in [6.07, 6.45) is 6.49. The molecule has 0 saturated heterocycles. The van der Waals surface area contributed by atoms with E-state index in [1.54, 1.807) is 6.07 Å². The van der Waals surface area contributed by atoms with Gasteiger partial charge in [0.05, 0.1) is 5.56 Å². The summed E-state index contributed by atoms with van der Waals surface area (Å²) in [5.74, 6) is 1.50. The summed E-state index contributed by atoms with van der Waals surface area (Å²) in [6, 6.07) is 2.87. The Bertz CT molecular complexity index is 658. The molecule has 3 saturated carbocycles. The third kappa shape index (κ3) is 4.19. The third-order valence-electron chi connectivity index (χ3n) is 7.41. The quantitative estimate of drug-likeness (QED) is 0.467. The van der Waals surface area contributed by atoms with Crippen molar-refractivity contribution in [1.82, 2.24) is 0 Å². The molecule has 0 radical (unpaired) electrons. The van der Waals surface area contributed by atoms with Gasteiger partial charge in [0.1, 0.15) is 5.82 Å². The molecule has 0 unspecified atom stereocenters. The van der Waals surface area contributed by atoms with Gasteiger partial charge in [0.2, 0.25) is 0 Å². The summed E-state index contributed by atoms with van der Waals surface area (Å²) in [6.45, 7) is 2.34. The second-order valence-corrected chi connectivity index (χ2v) is 9.37. The first kappa shape index (κ1) is 19.3. The molecule has 3 fully saturated rings. The highest BCUT2D eigenvalue weighted by Gasteiger charge is 2.42. The van der Waals surface area contributed by atoms with E-state index in [0.717, 1.165) is 61.8 Å². The van der Waals surface area contributed by atoms with Gasteiger partial charge in [0.15, 0.2) is 0 Å². The predicted octanol–water partition coefficient (Wildman–Crippen LogP) is 7.82. The van der Waals surface area contributed by atoms with E-state index >= 15 is 0 Å². The van der Waals surface area contributed by atoms with E-state index in [1.807, 2.05) is 0 Å². The third-order valence-corrected chi connectivity index (χ3v) is 7.41. The van der Waals surface area contributed by atoms with Crippen molar-refractivity contribution in [1.29, 1.82) is 0 Å². The van der Waals surface area contributed by atoms with Gasteiger partial charge < -0.3 is 0 Å². The summed E-state index contributed by atoms with van der Waals surface area (Å²) in [4.78, 5) is 0. The summed E-state index contributed by atoms with van der Waals surface area (Å²) in [5, 5.41) is 0. The van der Waals surface area contributed by atoms with Crippen LogP contribution in [-0.4, -0.2) is 0 Å². The molecule has 0 N–H and O–H groups in total. The van der Waals surface area contributed by atoms with E-state index in [9.17, 15) is 17.6 Å². The lowest BCUT2D eigenvalue weighted by atomic mass is 9.68. The van der Waals surface area contributed by atoms with Crippen LogP contribution in [0.1, 0.15) is 99.7 Å². The van der Waals surface area contributed by atoms with Gasteiger partial charge in [-0.25, -0.2) is 4.39 Å². The zero-order valence-corrected chi connectivity index (χ0v) is 16.1. The van der Waals surface area contributed by atoms with Crippen molar-refractivity contribution in [2.45, 2.75) is 89.1 Å². The molecular weight excluding hydrogens is 352 g/mol. The highest BCUT2D eigenvalue weighted by Crippen LogP contribution is 2.49. The molecule has 4 heteroatoms. The molecule has 0 atom stereocenters. The number of hydrogen-bond acceptors (Lipinski definition) is 0. The summed E-state index contributed by atoms with van der Waals surface area (Å²) < 4.78 is 54.4. The molecule has 0 aromatic heterocycles. The van der Waals surface area contributed by atoms with Crippen molar-refractivity contribution in [3.05, 3.63) is 34.6 Å². The molecule has 0 bridgehead atoms. The SMILES string of the molecule is CC1CCC(C2CCC(c3cc(F)c(C(F)(F)F)c(C4CC4)c3)CC2)CC1. The van der Waals surface area contributed by atoms with Gasteiger partial charge in [0.25, 0.3) is 0 Å². The monoisotopic (exact) mass is 382 g/mol. The first-order chi connectivity index (χ1) is 12.8. The Kier molecular flexibility index (Phi) is 5.28. The molecule has 3 aliphatic carbocycles. The van der Waals surface area contributed by atoms with Crippen LogP contribution in [0.4, 0.5) is 17.6 Å². The van der Waals surface area contributed by atoms with Gasteiger partial charge >= 0.3 is 6.18 Å². The van der Waals surface area contributed by atoms with Gasteiger partial charge in [-0.3, -0.25) is 0 Å². The van der Waals surface area contributed by atoms with E-state index < -0.39 is 17.6 Å². The van der Waals surface area contributed by atoms with Crippen LogP contribution in [0.5, 0.6) is 0 Å². The average Bonchev–Trinajstić information content (AvgIpc) is 3.46. The maximum atomic E-state index is 14.4. The molecular formula is C23H30F4. The fraction of sp³-hybridized carbons (Fsp3) is 0.739. The number of halogens is 4. The van der Waals surface area contributed by atoms with E-state index in [-0.39, 0.29) is 17.4 Å². The number of rotatable bonds is 3. The van der Waals surface area contributed by atoms with Gasteiger partial charge in [-0.2, -0.15) is 13.2 Å². The number of alkyl halides is 3. The molecule has 0 heterocycles. The zero-order chi connectivity index (χ0) is 19.2. The number of benzene rings is 1. The van der Waals surface area contributed by atoms with Crippen LogP contribution in [0.25, 0.3) is 0 Å². The zero-order valence-electron chi connectivity index (χ0n) is 16.1. The molecule has 3 aliphatic rings. The smallest absolute Gasteiger partial charge is 0.206 e. The van der Waals surface area contributed by atoms with Crippen LogP contribution in [0.15, 0.2) is 12.1 Å². The average molecular weight is 382 g/mol. The van der Waals surface area contributed by atoms with Crippen molar-refractivity contribution < 1.29 is 17.6 Å². The van der Waals surface area contributed by atoms with Crippen LogP contribution in [-0.2, 0) is 6.18 Å². The Morgan fingerprint density at radius 1 is 0.741 bits per heavy atom. The topological polar surface area (TPSA) is 0 Å². The van der Waals surface area contributed by atoms with Gasteiger partial charge in [-0.15, -0.1) is 0 Å². The van der Waals surface area contributed by atoms with Crippen molar-refractivity contribution in [2.75, 3.05) is 0 Å².